The van der Waals surface area contributed by atoms with E-state index in [2.05, 4.69) is 9.97 Å². The second-order valence-corrected chi connectivity index (χ2v) is 6.11. The van der Waals surface area contributed by atoms with E-state index >= 15 is 0 Å². The van der Waals surface area contributed by atoms with Crippen molar-refractivity contribution in [1.82, 2.24) is 9.97 Å². The average molecular weight is 388 g/mol. The summed E-state index contributed by atoms with van der Waals surface area (Å²) >= 11 is 11.8. The van der Waals surface area contributed by atoms with Gasteiger partial charge < -0.3 is 15.4 Å². The number of anilines is 2. The van der Waals surface area contributed by atoms with Gasteiger partial charge in [-0.05, 0) is 12.1 Å². The zero-order chi connectivity index (χ0) is 18.1. The Morgan fingerprint density at radius 3 is 2.84 bits per heavy atom. The number of nitrogens with zero attached hydrogens (tertiary/aromatic N) is 4. The molecule has 2 aromatic rings. The number of nitro groups is 1. The van der Waals surface area contributed by atoms with Crippen LogP contribution in [0.5, 0.6) is 0 Å². The Hall–Kier alpha value is -2.23. The van der Waals surface area contributed by atoms with Crippen molar-refractivity contribution in [1.29, 1.82) is 0 Å². The van der Waals surface area contributed by atoms with Crippen LogP contribution >= 0.6 is 23.2 Å². The molecule has 2 N–H and O–H groups in total. The van der Waals surface area contributed by atoms with Crippen LogP contribution in [0.3, 0.4) is 0 Å². The maximum atomic E-state index is 13.7. The van der Waals surface area contributed by atoms with Crippen LogP contribution in [-0.2, 0) is 4.74 Å². The van der Waals surface area contributed by atoms with Crippen LogP contribution in [0.2, 0.25) is 10.0 Å². The van der Waals surface area contributed by atoms with Crippen molar-refractivity contribution < 1.29 is 14.1 Å². The van der Waals surface area contributed by atoms with Crippen LogP contribution < -0.4 is 10.6 Å². The van der Waals surface area contributed by atoms with Crippen molar-refractivity contribution in [2.24, 2.45) is 0 Å². The second kappa shape index (κ2) is 6.95. The van der Waals surface area contributed by atoms with Gasteiger partial charge in [-0.3, -0.25) is 10.1 Å². The minimum Gasteiger partial charge on any atom is -0.378 e. The third-order valence-corrected chi connectivity index (χ3v) is 4.33. The molecular formula is C14H12Cl2FN5O3. The lowest BCUT2D eigenvalue weighted by Crippen LogP contribution is -2.39. The lowest BCUT2D eigenvalue weighted by Gasteiger charge is -2.33. The number of hydrogen-bond donors (Lipinski definition) is 1. The van der Waals surface area contributed by atoms with E-state index in [0.717, 1.165) is 6.20 Å². The summed E-state index contributed by atoms with van der Waals surface area (Å²) < 4.78 is 19.4. The van der Waals surface area contributed by atoms with Crippen molar-refractivity contribution in [3.63, 3.8) is 0 Å². The van der Waals surface area contributed by atoms with Gasteiger partial charge in [0.2, 0.25) is 11.8 Å². The highest BCUT2D eigenvalue weighted by Gasteiger charge is 2.27. The van der Waals surface area contributed by atoms with Crippen LogP contribution in [0.25, 0.3) is 0 Å². The summed E-state index contributed by atoms with van der Waals surface area (Å²) in [6.07, 6.45) is 0.518. The summed E-state index contributed by atoms with van der Waals surface area (Å²) in [5, 5.41) is 11.0. The van der Waals surface area contributed by atoms with E-state index in [4.69, 9.17) is 33.7 Å². The Morgan fingerprint density at radius 1 is 1.40 bits per heavy atom. The summed E-state index contributed by atoms with van der Waals surface area (Å²) in [4.78, 5) is 19.8. The molecule has 1 atom stereocenters. The molecule has 1 saturated heterocycles. The molecule has 25 heavy (non-hydrogen) atoms. The summed E-state index contributed by atoms with van der Waals surface area (Å²) in [5.74, 6) is -0.604. The Labute approximate surface area is 151 Å². The summed E-state index contributed by atoms with van der Waals surface area (Å²) in [7, 11) is 0. The molecule has 132 valence electrons. The number of nitrogen functional groups attached to an aromatic ring is 1. The number of halogens is 3. The molecule has 1 aliphatic rings. The fraction of sp³-hybridized carbons (Fsp3) is 0.286. The van der Waals surface area contributed by atoms with Gasteiger partial charge in [0, 0.05) is 17.1 Å². The Morgan fingerprint density at radius 2 is 2.16 bits per heavy atom. The normalized spacial score (nSPS) is 17.6. The fourth-order valence-electron chi connectivity index (χ4n) is 2.48. The number of benzene rings is 1. The third-order valence-electron chi connectivity index (χ3n) is 3.72. The maximum Gasteiger partial charge on any atom is 0.329 e. The first-order valence-corrected chi connectivity index (χ1v) is 7.90. The molecule has 0 saturated carbocycles. The van der Waals surface area contributed by atoms with Gasteiger partial charge in [-0.2, -0.15) is 4.98 Å². The molecule has 3 rings (SSSR count). The van der Waals surface area contributed by atoms with E-state index < -0.39 is 16.8 Å². The first-order valence-electron chi connectivity index (χ1n) is 7.14. The van der Waals surface area contributed by atoms with Gasteiger partial charge in [0.1, 0.15) is 18.1 Å². The van der Waals surface area contributed by atoms with Gasteiger partial charge in [0.25, 0.3) is 0 Å². The highest BCUT2D eigenvalue weighted by atomic mass is 35.5. The van der Waals surface area contributed by atoms with Gasteiger partial charge in [-0.25, -0.2) is 9.37 Å². The van der Waals surface area contributed by atoms with Crippen LogP contribution in [0.15, 0.2) is 18.3 Å². The highest BCUT2D eigenvalue weighted by Crippen LogP contribution is 2.33. The van der Waals surface area contributed by atoms with Gasteiger partial charge in [0.15, 0.2) is 0 Å². The van der Waals surface area contributed by atoms with Crippen LogP contribution in [-0.4, -0.2) is 34.6 Å². The maximum absolute atomic E-state index is 13.7. The first kappa shape index (κ1) is 17.6. The summed E-state index contributed by atoms with van der Waals surface area (Å²) in [5.41, 5.74) is 5.68. The van der Waals surface area contributed by atoms with E-state index in [9.17, 15) is 14.5 Å². The summed E-state index contributed by atoms with van der Waals surface area (Å²) in [6, 6.07) is 2.54. The number of hydrogen-bond acceptors (Lipinski definition) is 7. The van der Waals surface area contributed by atoms with Gasteiger partial charge >= 0.3 is 5.69 Å². The molecule has 0 aliphatic carbocycles. The van der Waals surface area contributed by atoms with Crippen molar-refractivity contribution in [2.45, 2.75) is 6.10 Å². The molecule has 1 aliphatic heterocycles. The monoisotopic (exact) mass is 387 g/mol. The van der Waals surface area contributed by atoms with E-state index in [1.54, 1.807) is 4.90 Å². The van der Waals surface area contributed by atoms with Crippen molar-refractivity contribution in [2.75, 3.05) is 30.3 Å². The molecule has 1 aromatic heterocycles. The zero-order valence-corrected chi connectivity index (χ0v) is 14.2. The second-order valence-electron chi connectivity index (χ2n) is 5.29. The first-order chi connectivity index (χ1) is 11.9. The Kier molecular flexibility index (Phi) is 4.89. The Bertz CT molecular complexity index is 838. The van der Waals surface area contributed by atoms with Crippen LogP contribution in [0, 0.1) is 15.9 Å². The molecule has 0 spiro atoms. The standard InChI is InChI=1S/C14H12Cl2FN5O3/c15-8-4-9(16)10(17)3-7(8)12-6-21(1-2-25-12)14-19-5-11(22(23)24)13(18)20-14/h3-5,12H,1-2,6H2,(H2,18,19,20). The van der Waals surface area contributed by atoms with Crippen LogP contribution in [0.4, 0.5) is 21.8 Å². The molecule has 1 fully saturated rings. The number of rotatable bonds is 3. The number of ether oxygens (including phenoxy) is 1. The number of aromatic nitrogens is 2. The lowest BCUT2D eigenvalue weighted by molar-refractivity contribution is -0.384. The minimum atomic E-state index is -0.655. The predicted octanol–water partition coefficient (Wildman–Crippen LogP) is 2.99. The van der Waals surface area contributed by atoms with E-state index in [-0.39, 0.29) is 34.0 Å². The molecule has 1 unspecified atom stereocenters. The van der Waals surface area contributed by atoms with Crippen molar-refractivity contribution in [3.8, 4) is 0 Å². The molecule has 0 bridgehead atoms. The van der Waals surface area contributed by atoms with Crippen molar-refractivity contribution >= 4 is 40.7 Å². The van der Waals surface area contributed by atoms with Gasteiger partial charge in [-0.1, -0.05) is 23.2 Å². The molecule has 8 nitrogen and oxygen atoms in total. The number of morpholine rings is 1. The molecule has 1 aromatic carbocycles. The molecule has 0 radical (unpaired) electrons. The lowest BCUT2D eigenvalue weighted by atomic mass is 10.1. The minimum absolute atomic E-state index is 0.0760. The quantitative estimate of drug-likeness (QED) is 0.489. The fourth-order valence-corrected chi connectivity index (χ4v) is 2.98. The molecule has 11 heteroatoms. The SMILES string of the molecule is Nc1nc(N2CCOC(c3cc(F)c(Cl)cc3Cl)C2)ncc1[N+](=O)[O-]. The van der Waals surface area contributed by atoms with Gasteiger partial charge in [0.05, 0.1) is 23.1 Å². The highest BCUT2D eigenvalue weighted by molar-refractivity contribution is 6.35. The summed E-state index contributed by atoms with van der Waals surface area (Å²) in [6.45, 7) is 1.03. The smallest absolute Gasteiger partial charge is 0.329 e. The van der Waals surface area contributed by atoms with E-state index in [0.29, 0.717) is 18.7 Å². The van der Waals surface area contributed by atoms with E-state index in [1.165, 1.54) is 12.1 Å². The molecule has 0 amide bonds. The largest absolute Gasteiger partial charge is 0.378 e. The van der Waals surface area contributed by atoms with E-state index in [1.807, 2.05) is 0 Å². The predicted molar refractivity (Wildman–Crippen MR) is 90.4 cm³/mol. The molecular weight excluding hydrogens is 376 g/mol. The average Bonchev–Trinajstić information content (AvgIpc) is 2.58. The Balaban J connectivity index is 1.85. The van der Waals surface area contributed by atoms with Gasteiger partial charge in [-0.15, -0.1) is 0 Å². The zero-order valence-electron chi connectivity index (χ0n) is 12.7. The van der Waals surface area contributed by atoms with Crippen LogP contribution in [0.1, 0.15) is 11.7 Å². The number of nitrogens with two attached hydrogens (primary N) is 1. The molecule has 2 heterocycles. The topological polar surface area (TPSA) is 107 Å². The third kappa shape index (κ3) is 3.58. The van der Waals surface area contributed by atoms with Crippen molar-refractivity contribution in [3.05, 3.63) is 49.9 Å².